The van der Waals surface area contributed by atoms with Gasteiger partial charge in [0.1, 0.15) is 18.5 Å². The number of pyridine rings is 1. The minimum absolute atomic E-state index is 0.0948. The first-order valence-corrected chi connectivity index (χ1v) is 12.9. The minimum Gasteiger partial charge on any atom is -0.492 e. The molecule has 1 N–H and O–H groups in total. The van der Waals surface area contributed by atoms with Gasteiger partial charge in [0, 0.05) is 28.4 Å². The fourth-order valence-electron chi connectivity index (χ4n) is 5.32. The lowest BCUT2D eigenvalue weighted by Gasteiger charge is -2.37. The Balaban J connectivity index is 1.28. The average molecular weight is 489 g/mol. The third kappa shape index (κ3) is 4.19. The van der Waals surface area contributed by atoms with Gasteiger partial charge in [-0.2, -0.15) is 0 Å². The van der Waals surface area contributed by atoms with Crippen molar-refractivity contribution in [2.75, 3.05) is 38.2 Å². The third-order valence-electron chi connectivity index (χ3n) is 8.09. The van der Waals surface area contributed by atoms with E-state index >= 15 is 0 Å². The summed E-state index contributed by atoms with van der Waals surface area (Å²) in [7, 11) is 2.11. The van der Waals surface area contributed by atoms with Gasteiger partial charge in [-0.1, -0.05) is 12.1 Å². The summed E-state index contributed by atoms with van der Waals surface area (Å²) >= 11 is 0. The molecular formula is C29H33FN4O2. The van der Waals surface area contributed by atoms with E-state index < -0.39 is 11.7 Å². The van der Waals surface area contributed by atoms with Crippen molar-refractivity contribution in [2.45, 2.75) is 50.9 Å². The van der Waals surface area contributed by atoms with Crippen LogP contribution in [-0.2, 0) is 5.54 Å². The number of carbonyl (C=O) groups is 1. The number of nitrogens with one attached hydrogen (secondary N) is 1. The number of alkyl halides is 1. The second-order valence-corrected chi connectivity index (χ2v) is 10.8. The van der Waals surface area contributed by atoms with E-state index in [4.69, 9.17) is 9.72 Å². The molecule has 6 nitrogen and oxygen atoms in total. The molecule has 7 heteroatoms. The van der Waals surface area contributed by atoms with Crippen molar-refractivity contribution in [1.29, 1.82) is 0 Å². The van der Waals surface area contributed by atoms with Crippen LogP contribution in [0.25, 0.3) is 10.9 Å². The number of ether oxygens (including phenoxy) is 1. The van der Waals surface area contributed by atoms with Crippen LogP contribution in [0.3, 0.4) is 0 Å². The molecule has 3 aliphatic rings. The van der Waals surface area contributed by atoms with E-state index in [0.717, 1.165) is 65.0 Å². The molecule has 1 aliphatic carbocycles. The summed E-state index contributed by atoms with van der Waals surface area (Å²) in [5.41, 5.74) is 4.97. The van der Waals surface area contributed by atoms with Crippen LogP contribution in [0, 0.1) is 13.8 Å². The summed E-state index contributed by atoms with van der Waals surface area (Å²) in [6.45, 7) is 6.47. The average Bonchev–Trinajstić information content (AvgIpc) is 3.61. The van der Waals surface area contributed by atoms with Crippen molar-refractivity contribution >= 4 is 22.5 Å². The maximum Gasteiger partial charge on any atom is 0.252 e. The number of likely N-dealkylation sites (tertiary alicyclic amines) is 1. The second kappa shape index (κ2) is 8.73. The first-order chi connectivity index (χ1) is 17.3. The number of halogens is 1. The zero-order valence-electron chi connectivity index (χ0n) is 21.2. The molecule has 6 rings (SSSR count). The quantitative estimate of drug-likeness (QED) is 0.530. The second-order valence-electron chi connectivity index (χ2n) is 10.8. The summed E-state index contributed by atoms with van der Waals surface area (Å²) < 4.78 is 19.7. The molecule has 2 saturated heterocycles. The molecule has 1 amide bonds. The smallest absolute Gasteiger partial charge is 0.252 e. The highest BCUT2D eigenvalue weighted by atomic mass is 19.1. The maximum atomic E-state index is 13.6. The van der Waals surface area contributed by atoms with Gasteiger partial charge in [0.05, 0.1) is 24.1 Å². The van der Waals surface area contributed by atoms with Crippen LogP contribution in [0.4, 0.5) is 10.1 Å². The number of amides is 1. The molecule has 0 bridgehead atoms. The summed E-state index contributed by atoms with van der Waals surface area (Å²) in [6, 6.07) is 14.5. The lowest BCUT2D eigenvalue weighted by Crippen LogP contribution is -2.48. The number of benzene rings is 2. The number of hydrogen-bond acceptors (Lipinski definition) is 5. The molecule has 1 atom stereocenters. The standard InChI is InChI=1S/C29H33FN4O2/c1-18-4-6-23(36-17-21-8-11-33(21)3)14-25(18)28(35)32-29(9-10-29)26-12-22(34-15-20(30)16-34)13-27-24(26)7-5-19(2)31-27/h4-7,12-14,20-21H,8-11,15-17H2,1-3H3,(H,32,35). The predicted molar refractivity (Wildman–Crippen MR) is 140 cm³/mol. The molecule has 2 aromatic carbocycles. The van der Waals surface area contributed by atoms with Gasteiger partial charge in [0.15, 0.2) is 0 Å². The lowest BCUT2D eigenvalue weighted by atomic mass is 9.96. The van der Waals surface area contributed by atoms with Crippen LogP contribution in [0.2, 0.25) is 0 Å². The van der Waals surface area contributed by atoms with Crippen LogP contribution in [0.5, 0.6) is 5.75 Å². The number of aromatic nitrogens is 1. The van der Waals surface area contributed by atoms with Crippen molar-refractivity contribution in [1.82, 2.24) is 15.2 Å². The number of carbonyl (C=O) groups excluding carboxylic acids is 1. The van der Waals surface area contributed by atoms with Gasteiger partial charge in [-0.05, 0) is 88.2 Å². The minimum atomic E-state index is -0.786. The van der Waals surface area contributed by atoms with Crippen molar-refractivity contribution < 1.29 is 13.9 Å². The summed E-state index contributed by atoms with van der Waals surface area (Å²) in [6.07, 6.45) is 2.08. The molecule has 36 heavy (non-hydrogen) atoms. The number of hydrogen-bond donors (Lipinski definition) is 1. The zero-order chi connectivity index (χ0) is 25.0. The van der Waals surface area contributed by atoms with Gasteiger partial charge in [-0.25, -0.2) is 4.39 Å². The molecule has 188 valence electrons. The first-order valence-electron chi connectivity index (χ1n) is 12.9. The van der Waals surface area contributed by atoms with E-state index in [0.29, 0.717) is 31.3 Å². The highest BCUT2D eigenvalue weighted by molar-refractivity contribution is 5.98. The van der Waals surface area contributed by atoms with E-state index in [1.54, 1.807) is 0 Å². The molecule has 0 spiro atoms. The van der Waals surface area contributed by atoms with Crippen LogP contribution >= 0.6 is 0 Å². The summed E-state index contributed by atoms with van der Waals surface area (Å²) in [5, 5.41) is 4.40. The Morgan fingerprint density at radius 1 is 1.17 bits per heavy atom. The summed E-state index contributed by atoms with van der Waals surface area (Å²) in [4.78, 5) is 22.7. The molecule has 1 saturated carbocycles. The van der Waals surface area contributed by atoms with Crippen LogP contribution in [0.15, 0.2) is 42.5 Å². The Labute approximate surface area is 211 Å². The topological polar surface area (TPSA) is 57.7 Å². The molecule has 1 aromatic heterocycles. The number of nitrogens with zero attached hydrogens (tertiary/aromatic N) is 3. The molecule has 3 aromatic rings. The third-order valence-corrected chi connectivity index (χ3v) is 8.09. The highest BCUT2D eigenvalue weighted by Crippen LogP contribution is 2.49. The molecule has 3 fully saturated rings. The van der Waals surface area contributed by atoms with E-state index in [1.807, 2.05) is 49.1 Å². The Kier molecular flexibility index (Phi) is 5.63. The van der Waals surface area contributed by atoms with Crippen molar-refractivity contribution in [3.8, 4) is 5.75 Å². The monoisotopic (exact) mass is 488 g/mol. The highest BCUT2D eigenvalue weighted by Gasteiger charge is 2.47. The Hall–Kier alpha value is -3.19. The normalized spacial score (nSPS) is 21.1. The molecule has 1 unspecified atom stereocenters. The fourth-order valence-corrected chi connectivity index (χ4v) is 5.32. The maximum absolute atomic E-state index is 13.6. The largest absolute Gasteiger partial charge is 0.492 e. The van der Waals surface area contributed by atoms with Crippen LogP contribution in [0.1, 0.15) is 46.4 Å². The predicted octanol–water partition coefficient (Wildman–Crippen LogP) is 4.51. The number of anilines is 1. The van der Waals surface area contributed by atoms with Gasteiger partial charge in [0.2, 0.25) is 0 Å². The Morgan fingerprint density at radius 3 is 2.64 bits per heavy atom. The van der Waals surface area contributed by atoms with Crippen LogP contribution in [-0.4, -0.2) is 61.3 Å². The van der Waals surface area contributed by atoms with E-state index in [1.165, 1.54) is 0 Å². The molecular weight excluding hydrogens is 455 g/mol. The van der Waals surface area contributed by atoms with Crippen molar-refractivity contribution in [3.05, 3.63) is 64.8 Å². The number of aryl methyl sites for hydroxylation is 2. The van der Waals surface area contributed by atoms with E-state index in [2.05, 4.69) is 29.4 Å². The van der Waals surface area contributed by atoms with Gasteiger partial charge >= 0.3 is 0 Å². The van der Waals surface area contributed by atoms with Crippen molar-refractivity contribution in [3.63, 3.8) is 0 Å². The van der Waals surface area contributed by atoms with Gasteiger partial charge in [0.25, 0.3) is 5.91 Å². The first kappa shape index (κ1) is 23.2. The summed E-state index contributed by atoms with van der Waals surface area (Å²) in [5.74, 6) is 0.629. The van der Waals surface area contributed by atoms with Gasteiger partial charge in [-0.15, -0.1) is 0 Å². The zero-order valence-corrected chi connectivity index (χ0v) is 21.2. The number of likely N-dealkylation sites (N-methyl/N-ethyl adjacent to an activating group) is 1. The molecule has 3 heterocycles. The molecule has 0 radical (unpaired) electrons. The fraction of sp³-hybridized carbons (Fsp3) is 0.448. The van der Waals surface area contributed by atoms with Crippen molar-refractivity contribution in [2.24, 2.45) is 0 Å². The molecule has 2 aliphatic heterocycles. The van der Waals surface area contributed by atoms with E-state index in [9.17, 15) is 9.18 Å². The van der Waals surface area contributed by atoms with Gasteiger partial charge < -0.3 is 15.0 Å². The SMILES string of the molecule is Cc1ccc2c(C3(NC(=O)c4cc(OCC5CCN5C)ccc4C)CC3)cc(N3CC(F)C3)cc2n1. The lowest BCUT2D eigenvalue weighted by molar-refractivity contribution is 0.0767. The van der Waals surface area contributed by atoms with Gasteiger partial charge in [-0.3, -0.25) is 14.7 Å². The number of rotatable bonds is 7. The number of fused-ring (bicyclic) bond motifs is 1. The van der Waals surface area contributed by atoms with E-state index in [-0.39, 0.29) is 5.91 Å². The van der Waals surface area contributed by atoms with Crippen LogP contribution < -0.4 is 15.0 Å². The Bertz CT molecular complexity index is 1330. The Morgan fingerprint density at radius 2 is 1.97 bits per heavy atom.